The molecule has 16 nitrogen and oxygen atoms in total. The monoisotopic (exact) mass is 534 g/mol. The summed E-state index contributed by atoms with van der Waals surface area (Å²) in [7, 11) is 0. The zero-order valence-electron chi connectivity index (χ0n) is 19.7. The van der Waals surface area contributed by atoms with Gasteiger partial charge in [0.2, 0.25) is 0 Å². The predicted octanol–water partition coefficient (Wildman–Crippen LogP) is -8.98. The van der Waals surface area contributed by atoms with Crippen molar-refractivity contribution in [3.05, 3.63) is 0 Å². The highest BCUT2D eigenvalue weighted by molar-refractivity contribution is 5.06. The number of aliphatic hydroxyl groups is 14. The van der Waals surface area contributed by atoms with Gasteiger partial charge >= 0.3 is 0 Å². The maximum Gasteiger partial charge on any atom is 0.118 e. The van der Waals surface area contributed by atoms with Crippen LogP contribution in [0.3, 0.4) is 0 Å². The molecule has 0 aromatic rings. The first-order valence-corrected chi connectivity index (χ1v) is 11.5. The Hall–Kier alpha value is -0.640. The van der Waals surface area contributed by atoms with Crippen molar-refractivity contribution in [2.24, 2.45) is 0 Å². The van der Waals surface area contributed by atoms with Crippen molar-refractivity contribution in [2.75, 3.05) is 39.6 Å². The van der Waals surface area contributed by atoms with Gasteiger partial charge in [-0.05, 0) is 12.8 Å². The molecule has 16 N–H and O–H groups in total. The third-order valence-corrected chi connectivity index (χ3v) is 6.75. The molecule has 36 heavy (non-hydrogen) atoms. The van der Waals surface area contributed by atoms with Gasteiger partial charge in [0, 0.05) is 12.1 Å². The third-order valence-electron chi connectivity index (χ3n) is 6.75. The molecular formula is C20H42N2O14. The van der Waals surface area contributed by atoms with Gasteiger partial charge < -0.3 is 82.1 Å². The van der Waals surface area contributed by atoms with E-state index < -0.39 is 112 Å². The predicted molar refractivity (Wildman–Crippen MR) is 119 cm³/mol. The minimum Gasteiger partial charge on any atom is -0.395 e. The summed E-state index contributed by atoms with van der Waals surface area (Å²) in [4.78, 5) is 0. The quantitative estimate of drug-likeness (QED) is 0.124. The molecule has 0 amide bonds. The molecule has 2 aliphatic rings. The Morgan fingerprint density at radius 1 is 0.528 bits per heavy atom. The van der Waals surface area contributed by atoms with Crippen LogP contribution in [0.4, 0.5) is 0 Å². The van der Waals surface area contributed by atoms with Gasteiger partial charge in [0.25, 0.3) is 0 Å². The van der Waals surface area contributed by atoms with Gasteiger partial charge in [-0.2, -0.15) is 0 Å². The lowest BCUT2D eigenvalue weighted by molar-refractivity contribution is -0.207. The molecule has 0 aromatic carbocycles. The Morgan fingerprint density at radius 3 is 1.03 bits per heavy atom. The third kappa shape index (κ3) is 7.70. The second kappa shape index (κ2) is 14.5. The Bertz CT molecular complexity index is 577. The second-order valence-corrected chi connectivity index (χ2v) is 9.45. The molecule has 2 fully saturated rings. The zero-order valence-corrected chi connectivity index (χ0v) is 19.7. The van der Waals surface area contributed by atoms with Gasteiger partial charge in [-0.3, -0.25) is 0 Å². The normalized spacial score (nSPS) is 41.3. The van der Waals surface area contributed by atoms with Crippen LogP contribution in [0.25, 0.3) is 0 Å². The van der Waals surface area contributed by atoms with Crippen LogP contribution >= 0.6 is 0 Å². The van der Waals surface area contributed by atoms with Crippen molar-refractivity contribution >= 4 is 0 Å². The first kappa shape index (κ1) is 33.4. The molecule has 0 spiro atoms. The maximum absolute atomic E-state index is 9.93. The lowest BCUT2D eigenvalue weighted by atomic mass is 9.76. The van der Waals surface area contributed by atoms with Crippen molar-refractivity contribution < 1.29 is 71.5 Å². The van der Waals surface area contributed by atoms with Gasteiger partial charge in [-0.1, -0.05) is 0 Å². The lowest BCUT2D eigenvalue weighted by Gasteiger charge is -2.46. The van der Waals surface area contributed by atoms with Gasteiger partial charge in [0.1, 0.15) is 35.6 Å². The van der Waals surface area contributed by atoms with Crippen molar-refractivity contribution in [3.63, 3.8) is 0 Å². The number of aliphatic hydroxyl groups excluding tert-OH is 12. The van der Waals surface area contributed by atoms with E-state index in [9.17, 15) is 40.9 Å². The van der Waals surface area contributed by atoms with E-state index in [1.165, 1.54) is 0 Å². The van der Waals surface area contributed by atoms with Crippen LogP contribution in [0.5, 0.6) is 0 Å². The average Bonchev–Trinajstić information content (AvgIpc) is 2.89. The molecule has 16 heteroatoms. The summed E-state index contributed by atoms with van der Waals surface area (Å²) in [6.45, 7) is -3.13. The van der Waals surface area contributed by atoms with Crippen LogP contribution in [0.1, 0.15) is 12.8 Å². The Kier molecular flexibility index (Phi) is 13.4. The summed E-state index contributed by atoms with van der Waals surface area (Å²) < 4.78 is 0. The first-order valence-electron chi connectivity index (χ1n) is 11.5. The van der Waals surface area contributed by atoms with Crippen LogP contribution < -0.4 is 10.6 Å². The van der Waals surface area contributed by atoms with Crippen LogP contribution in [-0.2, 0) is 0 Å². The summed E-state index contributed by atoms with van der Waals surface area (Å²) in [6.07, 6.45) is -9.81. The molecule has 0 saturated heterocycles. The maximum atomic E-state index is 9.93. The molecule has 0 unspecified atom stereocenters. The van der Waals surface area contributed by atoms with E-state index in [-0.39, 0.29) is 12.8 Å². The van der Waals surface area contributed by atoms with E-state index in [0.717, 1.165) is 0 Å². The SMILES string of the molecule is OCC(CO)N[C@H]1C[C@](O)(CO)[C@@H](O)[C@H](O)[C@H]1O.OCC(CO)N[C@H]1C[C@](O)(CO)[C@@H](O)[C@H](O)[C@H]1O. The van der Waals surface area contributed by atoms with Crippen molar-refractivity contribution in [3.8, 4) is 0 Å². The molecular weight excluding hydrogens is 492 g/mol. The van der Waals surface area contributed by atoms with E-state index in [2.05, 4.69) is 10.6 Å². The molecule has 2 rings (SSSR count). The molecule has 2 aliphatic carbocycles. The fourth-order valence-corrected chi connectivity index (χ4v) is 4.29. The summed E-state index contributed by atoms with van der Waals surface area (Å²) in [6, 6.07) is -3.19. The average molecular weight is 535 g/mol. The summed E-state index contributed by atoms with van der Waals surface area (Å²) >= 11 is 0. The smallest absolute Gasteiger partial charge is 0.118 e. The molecule has 0 bridgehead atoms. The Balaban J connectivity index is 0.000000360. The van der Waals surface area contributed by atoms with E-state index >= 15 is 0 Å². The summed E-state index contributed by atoms with van der Waals surface area (Å²) in [5.41, 5.74) is -3.88. The number of hydrogen-bond donors (Lipinski definition) is 16. The van der Waals surface area contributed by atoms with E-state index in [4.69, 9.17) is 30.6 Å². The zero-order chi connectivity index (χ0) is 27.8. The summed E-state index contributed by atoms with van der Waals surface area (Å²) in [5, 5.41) is 137. The summed E-state index contributed by atoms with van der Waals surface area (Å²) in [5.74, 6) is 0. The topological polar surface area (TPSA) is 307 Å². The van der Waals surface area contributed by atoms with Crippen LogP contribution in [-0.4, -0.2) is 183 Å². The highest BCUT2D eigenvalue weighted by atomic mass is 16.4. The van der Waals surface area contributed by atoms with Crippen molar-refractivity contribution in [1.82, 2.24) is 10.6 Å². The highest BCUT2D eigenvalue weighted by Gasteiger charge is 2.52. The molecule has 0 radical (unpaired) electrons. The molecule has 216 valence electrons. The minimum atomic E-state index is -1.94. The minimum absolute atomic E-state index is 0.223. The molecule has 0 heterocycles. The van der Waals surface area contributed by atoms with Crippen LogP contribution in [0.15, 0.2) is 0 Å². The van der Waals surface area contributed by atoms with Crippen LogP contribution in [0, 0.1) is 0 Å². The van der Waals surface area contributed by atoms with Gasteiger partial charge in [0.05, 0.1) is 63.9 Å². The molecule has 2 saturated carbocycles. The van der Waals surface area contributed by atoms with E-state index in [0.29, 0.717) is 0 Å². The van der Waals surface area contributed by atoms with Crippen molar-refractivity contribution in [1.29, 1.82) is 0 Å². The van der Waals surface area contributed by atoms with Gasteiger partial charge in [0.15, 0.2) is 0 Å². The number of rotatable bonds is 10. The standard InChI is InChI=1S/2C10H21NO7/c2*12-2-5(3-13)11-6-1-10(18,4-14)9(17)8(16)7(6)15/h2*5-9,11-18H,1-4H2/t2*6-,7-,8+,9-,10-/m00/s1. The number of nitrogens with one attached hydrogen (secondary N) is 2. The highest BCUT2D eigenvalue weighted by Crippen LogP contribution is 2.30. The molecule has 10 atom stereocenters. The Labute approximate surface area is 207 Å². The van der Waals surface area contributed by atoms with Crippen LogP contribution in [0.2, 0.25) is 0 Å². The van der Waals surface area contributed by atoms with Crippen molar-refractivity contribution in [2.45, 2.75) is 84.8 Å². The number of hydrogen-bond acceptors (Lipinski definition) is 16. The van der Waals surface area contributed by atoms with Gasteiger partial charge in [-0.15, -0.1) is 0 Å². The Morgan fingerprint density at radius 2 is 0.806 bits per heavy atom. The molecule has 0 aromatic heterocycles. The first-order chi connectivity index (χ1) is 16.8. The lowest BCUT2D eigenvalue weighted by Crippen LogP contribution is -2.68. The largest absolute Gasteiger partial charge is 0.395 e. The van der Waals surface area contributed by atoms with E-state index in [1.807, 2.05) is 0 Å². The second-order valence-electron chi connectivity index (χ2n) is 9.45. The molecule has 0 aliphatic heterocycles. The van der Waals surface area contributed by atoms with Gasteiger partial charge in [-0.25, -0.2) is 0 Å². The fraction of sp³-hybridized carbons (Fsp3) is 1.00. The van der Waals surface area contributed by atoms with E-state index in [1.54, 1.807) is 0 Å². The fourth-order valence-electron chi connectivity index (χ4n) is 4.29.